The van der Waals surface area contributed by atoms with Crippen LogP contribution in [-0.4, -0.2) is 19.2 Å². The van der Waals surface area contributed by atoms with E-state index < -0.39 is 9.84 Å². The van der Waals surface area contributed by atoms with Crippen LogP contribution in [0.2, 0.25) is 0 Å². The standard InChI is InChI=1S/C11H15NO2S/c1-8(2)9-5-7-15(13,14)10-4-3-6-12-11(9)10/h3-4,6,8-9H,5,7H2,1-2H3. The Bertz CT molecular complexity index is 465. The number of fused-ring (bicyclic) bond motifs is 1. The minimum atomic E-state index is -3.07. The molecule has 0 saturated carbocycles. The molecule has 0 radical (unpaired) electrons. The van der Waals surface area contributed by atoms with Gasteiger partial charge in [-0.1, -0.05) is 13.8 Å². The average Bonchev–Trinajstić information content (AvgIpc) is 2.17. The molecule has 0 amide bonds. The van der Waals surface area contributed by atoms with Crippen molar-refractivity contribution in [2.75, 3.05) is 5.75 Å². The van der Waals surface area contributed by atoms with Crippen LogP contribution in [-0.2, 0) is 9.84 Å². The molecule has 4 heteroatoms. The lowest BCUT2D eigenvalue weighted by Crippen LogP contribution is -2.24. The molecule has 0 aromatic carbocycles. The zero-order chi connectivity index (χ0) is 11.1. The van der Waals surface area contributed by atoms with Crippen LogP contribution in [0.3, 0.4) is 0 Å². The number of hydrogen-bond donors (Lipinski definition) is 0. The highest BCUT2D eigenvalue weighted by Gasteiger charge is 2.32. The molecule has 0 spiro atoms. The summed E-state index contributed by atoms with van der Waals surface area (Å²) in [7, 11) is -3.07. The number of aromatic nitrogens is 1. The van der Waals surface area contributed by atoms with Crippen molar-refractivity contribution in [1.29, 1.82) is 0 Å². The van der Waals surface area contributed by atoms with Gasteiger partial charge in [0, 0.05) is 12.1 Å². The van der Waals surface area contributed by atoms with Gasteiger partial charge in [-0.15, -0.1) is 0 Å². The third-order valence-corrected chi connectivity index (χ3v) is 4.78. The highest BCUT2D eigenvalue weighted by atomic mass is 32.2. The van der Waals surface area contributed by atoms with Gasteiger partial charge < -0.3 is 0 Å². The molecule has 1 aromatic rings. The minimum absolute atomic E-state index is 0.258. The maximum Gasteiger partial charge on any atom is 0.180 e. The van der Waals surface area contributed by atoms with Crippen molar-refractivity contribution < 1.29 is 8.42 Å². The van der Waals surface area contributed by atoms with Crippen LogP contribution in [0.5, 0.6) is 0 Å². The predicted octanol–water partition coefficient (Wildman–Crippen LogP) is 2.00. The van der Waals surface area contributed by atoms with Gasteiger partial charge in [0.2, 0.25) is 0 Å². The van der Waals surface area contributed by atoms with Crippen LogP contribution >= 0.6 is 0 Å². The summed E-state index contributed by atoms with van der Waals surface area (Å²) in [6.07, 6.45) is 2.37. The Hall–Kier alpha value is -0.900. The Morgan fingerprint density at radius 1 is 1.47 bits per heavy atom. The topological polar surface area (TPSA) is 47.0 Å². The summed E-state index contributed by atoms with van der Waals surface area (Å²) in [5.41, 5.74) is 0.763. The summed E-state index contributed by atoms with van der Waals surface area (Å²) >= 11 is 0. The first-order valence-corrected chi connectivity index (χ1v) is 6.85. The SMILES string of the molecule is CC(C)C1CCS(=O)(=O)c2cccnc21. The van der Waals surface area contributed by atoms with Gasteiger partial charge in [0.25, 0.3) is 0 Å². The molecular weight excluding hydrogens is 210 g/mol. The molecule has 2 rings (SSSR count). The summed E-state index contributed by atoms with van der Waals surface area (Å²) in [5, 5.41) is 0. The van der Waals surface area contributed by atoms with E-state index >= 15 is 0 Å². The van der Waals surface area contributed by atoms with E-state index in [1.807, 2.05) is 0 Å². The fourth-order valence-electron chi connectivity index (χ4n) is 2.12. The summed E-state index contributed by atoms with van der Waals surface area (Å²) in [6, 6.07) is 3.37. The second kappa shape index (κ2) is 3.59. The second-order valence-electron chi connectivity index (χ2n) is 4.34. The molecule has 1 aliphatic rings. The van der Waals surface area contributed by atoms with Crippen molar-refractivity contribution in [3.05, 3.63) is 24.0 Å². The molecule has 0 aliphatic carbocycles. The molecule has 0 bridgehead atoms. The first kappa shape index (κ1) is 10.6. The van der Waals surface area contributed by atoms with Gasteiger partial charge in [0.05, 0.1) is 16.3 Å². The van der Waals surface area contributed by atoms with Crippen molar-refractivity contribution >= 4 is 9.84 Å². The molecular formula is C11H15NO2S. The van der Waals surface area contributed by atoms with Crippen LogP contribution < -0.4 is 0 Å². The quantitative estimate of drug-likeness (QED) is 0.734. The molecule has 1 unspecified atom stereocenters. The molecule has 0 saturated heterocycles. The third-order valence-electron chi connectivity index (χ3n) is 2.99. The van der Waals surface area contributed by atoms with Crippen molar-refractivity contribution in [2.24, 2.45) is 5.92 Å². The van der Waals surface area contributed by atoms with Gasteiger partial charge in [0.1, 0.15) is 0 Å². The zero-order valence-corrected chi connectivity index (χ0v) is 9.79. The minimum Gasteiger partial charge on any atom is -0.260 e. The van der Waals surface area contributed by atoms with Crippen LogP contribution in [0.4, 0.5) is 0 Å². The van der Waals surface area contributed by atoms with Crippen LogP contribution in [0.1, 0.15) is 31.9 Å². The van der Waals surface area contributed by atoms with Gasteiger partial charge in [0.15, 0.2) is 9.84 Å². The van der Waals surface area contributed by atoms with E-state index in [1.165, 1.54) is 0 Å². The second-order valence-corrected chi connectivity index (χ2v) is 6.42. The molecule has 0 fully saturated rings. The average molecular weight is 225 g/mol. The maximum atomic E-state index is 11.8. The van der Waals surface area contributed by atoms with E-state index in [4.69, 9.17) is 0 Å². The highest BCUT2D eigenvalue weighted by molar-refractivity contribution is 7.91. The normalized spacial score (nSPS) is 23.8. The number of nitrogens with zero attached hydrogens (tertiary/aromatic N) is 1. The molecule has 82 valence electrons. The lowest BCUT2D eigenvalue weighted by molar-refractivity contribution is 0.453. The van der Waals surface area contributed by atoms with E-state index in [2.05, 4.69) is 18.8 Å². The van der Waals surface area contributed by atoms with Gasteiger partial charge in [-0.25, -0.2) is 8.42 Å². The lowest BCUT2D eigenvalue weighted by Gasteiger charge is -2.26. The van der Waals surface area contributed by atoms with E-state index in [9.17, 15) is 8.42 Å². The molecule has 3 nitrogen and oxygen atoms in total. The summed E-state index contributed by atoms with van der Waals surface area (Å²) < 4.78 is 23.6. The number of hydrogen-bond acceptors (Lipinski definition) is 3. The molecule has 1 atom stereocenters. The Balaban J connectivity index is 2.59. The monoisotopic (exact) mass is 225 g/mol. The van der Waals surface area contributed by atoms with Gasteiger partial charge in [-0.3, -0.25) is 4.98 Å². The van der Waals surface area contributed by atoms with Crippen LogP contribution in [0.25, 0.3) is 0 Å². The Kier molecular flexibility index (Phi) is 2.54. The van der Waals surface area contributed by atoms with Gasteiger partial charge >= 0.3 is 0 Å². The summed E-state index contributed by atoms with van der Waals surface area (Å²) in [5.74, 6) is 0.980. The van der Waals surface area contributed by atoms with E-state index in [-0.39, 0.29) is 11.7 Å². The molecule has 0 N–H and O–H groups in total. The fourth-order valence-corrected chi connectivity index (χ4v) is 3.71. The van der Waals surface area contributed by atoms with Crippen molar-refractivity contribution in [1.82, 2.24) is 4.98 Å². The first-order valence-electron chi connectivity index (χ1n) is 5.20. The third kappa shape index (κ3) is 1.78. The molecule has 1 aromatic heterocycles. The highest BCUT2D eigenvalue weighted by Crippen LogP contribution is 2.36. The summed E-state index contributed by atoms with van der Waals surface area (Å²) in [6.45, 7) is 4.22. The van der Waals surface area contributed by atoms with Crippen molar-refractivity contribution in [2.45, 2.75) is 31.1 Å². The Morgan fingerprint density at radius 2 is 2.20 bits per heavy atom. The first-order chi connectivity index (χ1) is 7.02. The maximum absolute atomic E-state index is 11.8. The fraction of sp³-hybridized carbons (Fsp3) is 0.545. The van der Waals surface area contributed by atoms with E-state index in [0.717, 1.165) is 5.69 Å². The molecule has 15 heavy (non-hydrogen) atoms. The largest absolute Gasteiger partial charge is 0.260 e. The lowest BCUT2D eigenvalue weighted by atomic mass is 9.89. The van der Waals surface area contributed by atoms with Crippen molar-refractivity contribution in [3.8, 4) is 0 Å². The van der Waals surface area contributed by atoms with Crippen molar-refractivity contribution in [3.63, 3.8) is 0 Å². The van der Waals surface area contributed by atoms with E-state index in [1.54, 1.807) is 18.3 Å². The van der Waals surface area contributed by atoms with Crippen LogP contribution in [0, 0.1) is 5.92 Å². The Labute approximate surface area is 90.5 Å². The summed E-state index contributed by atoms with van der Waals surface area (Å²) in [4.78, 5) is 4.68. The number of sulfone groups is 1. The molecule has 2 heterocycles. The molecule has 1 aliphatic heterocycles. The zero-order valence-electron chi connectivity index (χ0n) is 8.97. The Morgan fingerprint density at radius 3 is 2.87 bits per heavy atom. The predicted molar refractivity (Wildman–Crippen MR) is 58.5 cm³/mol. The van der Waals surface area contributed by atoms with Gasteiger partial charge in [-0.05, 0) is 24.5 Å². The number of pyridine rings is 1. The van der Waals surface area contributed by atoms with E-state index in [0.29, 0.717) is 17.2 Å². The van der Waals surface area contributed by atoms with Crippen LogP contribution in [0.15, 0.2) is 23.2 Å². The smallest absolute Gasteiger partial charge is 0.180 e. The number of rotatable bonds is 1. The van der Waals surface area contributed by atoms with Gasteiger partial charge in [-0.2, -0.15) is 0 Å².